The highest BCUT2D eigenvalue weighted by Gasteiger charge is 2.52. The molecule has 1 nitrogen and oxygen atoms in total. The topological polar surface area (TPSA) is 3.88 Å². The molecule has 0 aliphatic carbocycles. The van der Waals surface area contributed by atoms with Gasteiger partial charge < -0.3 is 4.48 Å². The van der Waals surface area contributed by atoms with E-state index < -0.39 is 18.0 Å². The summed E-state index contributed by atoms with van der Waals surface area (Å²) in [5, 5.41) is 1.17. The first-order valence-electron chi connectivity index (χ1n) is 9.13. The van der Waals surface area contributed by atoms with Crippen molar-refractivity contribution < 1.29 is 17.6 Å². The zero-order chi connectivity index (χ0) is 21.3. The summed E-state index contributed by atoms with van der Waals surface area (Å²) >= 11 is 8.14. The molecule has 0 spiro atoms. The largest absolute Gasteiger partial charge is 0.416 e. The standard InChI is InChI=1S/C21H13BF3I2NS2/c1-12-2-6-14(7-3-12)22(15-8-4-13(5-9-15)21(23,24)25)16-10-17(26)29-19(16)20-28(22)11-18(27)30-20/h2-11H,1H3. The number of halogens is 5. The Morgan fingerprint density at radius 2 is 1.47 bits per heavy atom. The van der Waals surface area contributed by atoms with E-state index in [0.717, 1.165) is 19.4 Å². The van der Waals surface area contributed by atoms with Crippen LogP contribution < -0.4 is 20.9 Å². The number of fused-ring (bicyclic) bond motifs is 3. The van der Waals surface area contributed by atoms with Crippen LogP contribution in [0.5, 0.6) is 0 Å². The minimum absolute atomic E-state index is 0.621. The average molecular weight is 665 g/mol. The third kappa shape index (κ3) is 3.10. The molecule has 2 aromatic heterocycles. The summed E-state index contributed by atoms with van der Waals surface area (Å²) in [6.07, 6.45) is -3.82. The first kappa shape index (κ1) is 21.0. The van der Waals surface area contributed by atoms with Crippen LogP contribution >= 0.6 is 67.9 Å². The molecule has 0 saturated heterocycles. The summed E-state index contributed by atoms with van der Waals surface area (Å²) in [5.74, 6) is 0. The lowest BCUT2D eigenvalue weighted by Crippen LogP contribution is -2.82. The lowest BCUT2D eigenvalue weighted by Gasteiger charge is -2.32. The van der Waals surface area contributed by atoms with Crippen LogP contribution in [0.15, 0.2) is 60.8 Å². The van der Waals surface area contributed by atoms with Crippen LogP contribution in [0.25, 0.3) is 9.88 Å². The molecule has 1 atom stereocenters. The molecule has 0 radical (unpaired) electrons. The number of thiazole rings is 1. The molecule has 4 aromatic rings. The molecule has 2 aromatic carbocycles. The molecule has 1 aliphatic rings. The number of aromatic nitrogens is 1. The molecule has 0 fully saturated rings. The van der Waals surface area contributed by atoms with Crippen molar-refractivity contribution in [3.8, 4) is 9.88 Å². The molecule has 152 valence electrons. The SMILES string of the molecule is Cc1ccc([B-]2(c3ccc(C(F)(F)F)cc3)c3cc(I)sc3-c3sc(I)c[n+]32)cc1. The van der Waals surface area contributed by atoms with E-state index in [-0.39, 0.29) is 0 Å². The predicted molar refractivity (Wildman–Crippen MR) is 136 cm³/mol. The molecule has 1 aliphatic heterocycles. The molecule has 0 amide bonds. The molecule has 0 bridgehead atoms. The van der Waals surface area contributed by atoms with Crippen molar-refractivity contribution in [3.63, 3.8) is 0 Å². The van der Waals surface area contributed by atoms with Gasteiger partial charge in [0, 0.05) is 0 Å². The number of rotatable bonds is 2. The summed E-state index contributed by atoms with van der Waals surface area (Å²) < 4.78 is 44.4. The average Bonchev–Trinajstić information content (AvgIpc) is 3.32. The highest BCUT2D eigenvalue weighted by atomic mass is 127. The van der Waals surface area contributed by atoms with Crippen molar-refractivity contribution in [2.45, 2.75) is 13.1 Å². The Labute approximate surface area is 207 Å². The van der Waals surface area contributed by atoms with Gasteiger partial charge in [0.1, 0.15) is 9.08 Å². The smallest absolute Gasteiger partial charge is 0.397 e. The highest BCUT2D eigenvalue weighted by molar-refractivity contribution is 14.1. The molecular weight excluding hydrogens is 652 g/mol. The first-order chi connectivity index (χ1) is 14.2. The fraction of sp³-hybridized carbons (Fsp3) is 0.0952. The summed E-state index contributed by atoms with van der Waals surface area (Å²) in [6, 6.07) is 16.3. The second kappa shape index (κ2) is 7.31. The van der Waals surface area contributed by atoms with Gasteiger partial charge in [-0.15, -0.1) is 27.7 Å². The number of aryl methyl sites for hydroxylation is 1. The lowest BCUT2D eigenvalue weighted by molar-refractivity contribution is -0.519. The van der Waals surface area contributed by atoms with E-state index in [0.29, 0.717) is 0 Å². The van der Waals surface area contributed by atoms with Crippen LogP contribution in [0.2, 0.25) is 0 Å². The van der Waals surface area contributed by atoms with Crippen LogP contribution in [0.4, 0.5) is 13.2 Å². The minimum atomic E-state index is -4.35. The minimum Gasteiger partial charge on any atom is -0.397 e. The highest BCUT2D eigenvalue weighted by Crippen LogP contribution is 2.37. The number of nitrogens with zero attached hydrogens (tertiary/aromatic N) is 1. The van der Waals surface area contributed by atoms with Crippen molar-refractivity contribution in [1.29, 1.82) is 0 Å². The van der Waals surface area contributed by atoms with Gasteiger partial charge in [0.15, 0.2) is 0 Å². The molecule has 0 saturated carbocycles. The van der Waals surface area contributed by atoms with E-state index in [2.05, 4.69) is 86.2 Å². The van der Waals surface area contributed by atoms with Gasteiger partial charge in [-0.1, -0.05) is 71.5 Å². The van der Waals surface area contributed by atoms with Gasteiger partial charge in [0.05, 0.1) is 13.3 Å². The van der Waals surface area contributed by atoms with E-state index in [1.807, 2.05) is 6.92 Å². The van der Waals surface area contributed by atoms with Gasteiger partial charge in [0.25, 0.3) is 0 Å². The number of thiophene rings is 1. The summed E-state index contributed by atoms with van der Waals surface area (Å²) in [4.78, 5) is 1.22. The molecular formula is C21H13BF3I2NS2. The monoisotopic (exact) mass is 665 g/mol. The molecule has 30 heavy (non-hydrogen) atoms. The first-order valence-corrected chi connectivity index (χ1v) is 12.9. The van der Waals surface area contributed by atoms with E-state index in [1.165, 1.54) is 30.4 Å². The number of hydrogen-bond acceptors (Lipinski definition) is 2. The van der Waals surface area contributed by atoms with Crippen molar-refractivity contribution in [2.75, 3.05) is 0 Å². The summed E-state index contributed by atoms with van der Waals surface area (Å²) in [5.41, 5.74) is 3.72. The Hall–Kier alpha value is -0.915. The second-order valence-electron chi connectivity index (χ2n) is 7.43. The Morgan fingerprint density at radius 1 is 0.867 bits per heavy atom. The summed E-state index contributed by atoms with van der Waals surface area (Å²) in [7, 11) is 0. The maximum Gasteiger partial charge on any atom is 0.416 e. The van der Waals surface area contributed by atoms with Crippen molar-refractivity contribution in [2.24, 2.45) is 0 Å². The molecule has 9 heteroatoms. The Balaban J connectivity index is 1.86. The van der Waals surface area contributed by atoms with E-state index in [9.17, 15) is 13.2 Å². The van der Waals surface area contributed by atoms with Crippen LogP contribution in [-0.2, 0) is 6.18 Å². The van der Waals surface area contributed by atoms with Crippen molar-refractivity contribution >= 4 is 90.5 Å². The number of hydrogen-bond donors (Lipinski definition) is 0. The second-order valence-corrected chi connectivity index (χ2v) is 13.3. The zero-order valence-electron chi connectivity index (χ0n) is 15.5. The Morgan fingerprint density at radius 3 is 2.07 bits per heavy atom. The van der Waals surface area contributed by atoms with E-state index >= 15 is 0 Å². The fourth-order valence-corrected chi connectivity index (χ4v) is 8.43. The Bertz CT molecular complexity index is 1210. The van der Waals surface area contributed by atoms with Crippen LogP contribution in [-0.4, -0.2) is 6.28 Å². The maximum absolute atomic E-state index is 13.2. The van der Waals surface area contributed by atoms with Crippen LogP contribution in [0.1, 0.15) is 11.1 Å². The number of benzene rings is 2. The quantitative estimate of drug-likeness (QED) is 0.182. The van der Waals surface area contributed by atoms with Gasteiger partial charge in [-0.25, -0.2) is 0 Å². The zero-order valence-corrected chi connectivity index (χ0v) is 21.5. The molecule has 3 heterocycles. The van der Waals surface area contributed by atoms with Crippen molar-refractivity contribution in [1.82, 2.24) is 0 Å². The predicted octanol–water partition coefficient (Wildman–Crippen LogP) is 5.13. The van der Waals surface area contributed by atoms with Gasteiger partial charge in [-0.3, -0.25) is 0 Å². The maximum atomic E-state index is 13.2. The van der Waals surface area contributed by atoms with Gasteiger partial charge >= 0.3 is 12.5 Å². The Kier molecular flexibility index (Phi) is 5.11. The van der Waals surface area contributed by atoms with Crippen LogP contribution in [0.3, 0.4) is 0 Å². The fourth-order valence-electron chi connectivity index (χ4n) is 4.46. The van der Waals surface area contributed by atoms with Gasteiger partial charge in [-0.2, -0.15) is 13.2 Å². The lowest BCUT2D eigenvalue weighted by atomic mass is 9.25. The third-order valence-electron chi connectivity index (χ3n) is 5.74. The molecule has 0 N–H and O–H groups in total. The van der Waals surface area contributed by atoms with Crippen molar-refractivity contribution in [3.05, 3.63) is 77.7 Å². The van der Waals surface area contributed by atoms with E-state index in [1.54, 1.807) is 34.8 Å². The van der Waals surface area contributed by atoms with Gasteiger partial charge in [0.2, 0.25) is 5.01 Å². The van der Waals surface area contributed by atoms with Gasteiger partial charge in [-0.05, 0) is 52.1 Å². The molecule has 5 rings (SSSR count). The van der Waals surface area contributed by atoms with Crippen LogP contribution in [0, 0.1) is 12.7 Å². The summed E-state index contributed by atoms with van der Waals surface area (Å²) in [6.45, 7) is 2.04. The number of alkyl halides is 3. The molecule has 1 unspecified atom stereocenters. The van der Waals surface area contributed by atoms with E-state index in [4.69, 9.17) is 0 Å². The third-order valence-corrected chi connectivity index (χ3v) is 9.64. The normalized spacial score (nSPS) is 17.8.